The van der Waals surface area contributed by atoms with Crippen molar-refractivity contribution in [1.29, 1.82) is 0 Å². The highest BCUT2D eigenvalue weighted by molar-refractivity contribution is 7.99. The third-order valence-electron chi connectivity index (χ3n) is 2.08. The second kappa shape index (κ2) is 5.43. The molecule has 0 bridgehead atoms. The van der Waals surface area contributed by atoms with Gasteiger partial charge in [0.05, 0.1) is 18.8 Å². The Morgan fingerprint density at radius 1 is 1.53 bits per heavy atom. The fourth-order valence-electron chi connectivity index (χ4n) is 0.857. The molecule has 1 rings (SSSR count). The van der Waals surface area contributed by atoms with Crippen LogP contribution < -0.4 is 0 Å². The molecule has 15 heavy (non-hydrogen) atoms. The maximum absolute atomic E-state index is 9.79. The van der Waals surface area contributed by atoms with E-state index in [0.717, 1.165) is 0 Å². The number of thioether (sulfide) groups is 1. The van der Waals surface area contributed by atoms with E-state index < -0.39 is 5.60 Å². The van der Waals surface area contributed by atoms with E-state index in [2.05, 4.69) is 15.5 Å². The number of hydrogen-bond donors (Lipinski definition) is 2. The summed E-state index contributed by atoms with van der Waals surface area (Å²) in [6, 6.07) is 0. The number of aliphatic hydroxyl groups excluding tert-OH is 1. The highest BCUT2D eigenvalue weighted by atomic mass is 32.2. The first-order chi connectivity index (χ1) is 7.09. The molecular weight excluding hydrogens is 216 g/mol. The van der Waals surface area contributed by atoms with Crippen LogP contribution in [0.2, 0.25) is 0 Å². The molecular formula is C8H16N4O2S. The number of tetrazole rings is 1. The van der Waals surface area contributed by atoms with E-state index in [9.17, 15) is 5.11 Å². The van der Waals surface area contributed by atoms with Crippen molar-refractivity contribution >= 4 is 11.8 Å². The molecule has 1 atom stereocenters. The molecule has 0 spiro atoms. The van der Waals surface area contributed by atoms with E-state index in [4.69, 9.17) is 5.11 Å². The van der Waals surface area contributed by atoms with Gasteiger partial charge in [-0.25, -0.2) is 4.68 Å². The van der Waals surface area contributed by atoms with E-state index >= 15 is 0 Å². The molecule has 0 aromatic carbocycles. The highest BCUT2D eigenvalue weighted by Crippen LogP contribution is 2.21. The van der Waals surface area contributed by atoms with Gasteiger partial charge in [-0.1, -0.05) is 18.7 Å². The van der Waals surface area contributed by atoms with Gasteiger partial charge >= 0.3 is 0 Å². The molecule has 0 amide bonds. The van der Waals surface area contributed by atoms with Crippen LogP contribution in [-0.2, 0) is 6.54 Å². The molecule has 1 aromatic heterocycles. The Bertz CT molecular complexity index is 303. The Balaban J connectivity index is 2.53. The summed E-state index contributed by atoms with van der Waals surface area (Å²) >= 11 is 1.39. The van der Waals surface area contributed by atoms with Gasteiger partial charge < -0.3 is 10.2 Å². The minimum Gasteiger partial charge on any atom is -0.394 e. The van der Waals surface area contributed by atoms with E-state index in [-0.39, 0.29) is 6.61 Å². The maximum Gasteiger partial charge on any atom is 0.209 e. The van der Waals surface area contributed by atoms with Crippen molar-refractivity contribution in [3.8, 4) is 0 Å². The van der Waals surface area contributed by atoms with E-state index in [1.807, 2.05) is 6.92 Å². The molecule has 0 saturated carbocycles. The monoisotopic (exact) mass is 232 g/mol. The zero-order chi connectivity index (χ0) is 11.3. The van der Waals surface area contributed by atoms with Crippen LogP contribution in [0.15, 0.2) is 5.16 Å². The number of rotatable bonds is 6. The topological polar surface area (TPSA) is 84.1 Å². The fourth-order valence-corrected chi connectivity index (χ4v) is 1.87. The van der Waals surface area contributed by atoms with Crippen molar-refractivity contribution in [3.63, 3.8) is 0 Å². The van der Waals surface area contributed by atoms with Crippen molar-refractivity contribution in [2.75, 3.05) is 12.4 Å². The molecule has 1 aromatic rings. The Morgan fingerprint density at radius 3 is 2.87 bits per heavy atom. The molecule has 86 valence electrons. The molecule has 0 aliphatic rings. The molecule has 7 heteroatoms. The van der Waals surface area contributed by atoms with Crippen LogP contribution in [0.25, 0.3) is 0 Å². The van der Waals surface area contributed by atoms with Gasteiger partial charge in [-0.05, 0) is 23.8 Å². The summed E-state index contributed by atoms with van der Waals surface area (Å²) in [7, 11) is 0. The second-order valence-electron chi connectivity index (χ2n) is 3.55. The Kier molecular flexibility index (Phi) is 4.49. The summed E-state index contributed by atoms with van der Waals surface area (Å²) in [5.41, 5.74) is -0.708. The summed E-state index contributed by atoms with van der Waals surface area (Å²) in [6.45, 7) is 4.09. The number of aromatic nitrogens is 4. The van der Waals surface area contributed by atoms with Gasteiger partial charge in [0, 0.05) is 5.75 Å². The second-order valence-corrected chi connectivity index (χ2v) is 4.49. The maximum atomic E-state index is 9.79. The zero-order valence-electron chi connectivity index (χ0n) is 8.92. The number of aliphatic hydroxyl groups is 2. The van der Waals surface area contributed by atoms with Crippen LogP contribution >= 0.6 is 11.8 Å². The van der Waals surface area contributed by atoms with Gasteiger partial charge in [0.25, 0.3) is 0 Å². The summed E-state index contributed by atoms with van der Waals surface area (Å²) in [4.78, 5) is 0. The summed E-state index contributed by atoms with van der Waals surface area (Å²) in [6.07, 6.45) is 0.682. The molecule has 2 N–H and O–H groups in total. The molecule has 0 radical (unpaired) electrons. The third-order valence-corrected chi connectivity index (χ3v) is 3.40. The molecule has 1 heterocycles. The first kappa shape index (κ1) is 12.4. The third kappa shape index (κ3) is 3.77. The van der Waals surface area contributed by atoms with Gasteiger partial charge in [0.15, 0.2) is 0 Å². The molecule has 0 saturated heterocycles. The molecule has 6 nitrogen and oxygen atoms in total. The Labute approximate surface area is 92.7 Å². The lowest BCUT2D eigenvalue weighted by molar-refractivity contribution is 0.0815. The molecule has 1 unspecified atom stereocenters. The minimum absolute atomic E-state index is 0.00275. The van der Waals surface area contributed by atoms with Crippen molar-refractivity contribution < 1.29 is 10.2 Å². The van der Waals surface area contributed by atoms with Crippen LogP contribution in [0.3, 0.4) is 0 Å². The Morgan fingerprint density at radius 2 is 2.27 bits per heavy atom. The normalized spacial score (nSPS) is 15.2. The summed E-state index contributed by atoms with van der Waals surface area (Å²) in [5.74, 6) is 0.537. The predicted molar refractivity (Wildman–Crippen MR) is 56.5 cm³/mol. The average Bonchev–Trinajstić information content (AvgIpc) is 2.64. The van der Waals surface area contributed by atoms with Crippen molar-refractivity contribution in [1.82, 2.24) is 20.2 Å². The van der Waals surface area contributed by atoms with Crippen LogP contribution in [0.5, 0.6) is 0 Å². The van der Waals surface area contributed by atoms with Crippen LogP contribution in [-0.4, -0.2) is 48.4 Å². The largest absolute Gasteiger partial charge is 0.394 e. The quantitative estimate of drug-likeness (QED) is 0.667. The first-order valence-corrected chi connectivity index (χ1v) is 5.80. The zero-order valence-corrected chi connectivity index (χ0v) is 9.74. The van der Waals surface area contributed by atoms with Crippen LogP contribution in [0.4, 0.5) is 0 Å². The van der Waals surface area contributed by atoms with E-state index in [1.54, 1.807) is 6.92 Å². The number of hydrogen-bond acceptors (Lipinski definition) is 6. The summed E-state index contributed by atoms with van der Waals surface area (Å²) in [5, 5.41) is 30.2. The smallest absolute Gasteiger partial charge is 0.209 e. The molecule has 0 aliphatic heterocycles. The predicted octanol–water partition coefficient (Wildman–Crippen LogP) is -0.0815. The molecule has 0 fully saturated rings. The van der Waals surface area contributed by atoms with Crippen molar-refractivity contribution in [2.24, 2.45) is 0 Å². The van der Waals surface area contributed by atoms with Crippen molar-refractivity contribution in [3.05, 3.63) is 0 Å². The minimum atomic E-state index is -0.708. The molecule has 0 aliphatic carbocycles. The van der Waals surface area contributed by atoms with E-state index in [0.29, 0.717) is 23.9 Å². The van der Waals surface area contributed by atoms with Gasteiger partial charge in [0.2, 0.25) is 5.16 Å². The lowest BCUT2D eigenvalue weighted by Crippen LogP contribution is -2.26. The summed E-state index contributed by atoms with van der Waals surface area (Å²) < 4.78 is 1.52. The lowest BCUT2D eigenvalue weighted by Gasteiger charge is -2.19. The fraction of sp³-hybridized carbons (Fsp3) is 0.875. The van der Waals surface area contributed by atoms with Gasteiger partial charge in [0.1, 0.15) is 0 Å². The van der Waals surface area contributed by atoms with Crippen LogP contribution in [0.1, 0.15) is 20.3 Å². The first-order valence-electron chi connectivity index (χ1n) is 4.81. The van der Waals surface area contributed by atoms with Crippen molar-refractivity contribution in [2.45, 2.75) is 37.6 Å². The van der Waals surface area contributed by atoms with E-state index in [1.165, 1.54) is 16.4 Å². The van der Waals surface area contributed by atoms with Gasteiger partial charge in [-0.3, -0.25) is 0 Å². The van der Waals surface area contributed by atoms with Gasteiger partial charge in [-0.15, -0.1) is 5.10 Å². The Hall–Kier alpha value is -0.660. The standard InChI is InChI=1S/C8H16N4O2S/c1-3-8(2,14)6-15-7-9-10-11-12(7)4-5-13/h13-14H,3-6H2,1-2H3. The van der Waals surface area contributed by atoms with Gasteiger partial charge in [-0.2, -0.15) is 0 Å². The lowest BCUT2D eigenvalue weighted by atomic mass is 10.1. The highest BCUT2D eigenvalue weighted by Gasteiger charge is 2.19. The SMILES string of the molecule is CCC(C)(O)CSc1nnnn1CCO. The van der Waals surface area contributed by atoms with Crippen LogP contribution in [0, 0.1) is 0 Å². The number of nitrogens with zero attached hydrogens (tertiary/aromatic N) is 4. The average molecular weight is 232 g/mol.